The van der Waals surface area contributed by atoms with E-state index in [1.165, 1.54) is 34.1 Å². The van der Waals surface area contributed by atoms with Crippen molar-refractivity contribution in [2.24, 2.45) is 11.5 Å². The first-order chi connectivity index (χ1) is 35.1. The first-order valence-electron chi connectivity index (χ1n) is 24.9. The van der Waals surface area contributed by atoms with Gasteiger partial charge in [-0.05, 0) is 104 Å². The summed E-state index contributed by atoms with van der Waals surface area (Å²) in [5, 5.41) is 30.4. The van der Waals surface area contributed by atoms with Crippen LogP contribution in [0.25, 0.3) is 0 Å². The van der Waals surface area contributed by atoms with Gasteiger partial charge >= 0.3 is 22.8 Å². The molecule has 4 aromatic carbocycles. The van der Waals surface area contributed by atoms with E-state index in [1.54, 1.807) is 12.1 Å². The Labute approximate surface area is 433 Å². The van der Waals surface area contributed by atoms with E-state index in [9.17, 15) is 24.3 Å². The molecule has 1 fully saturated rings. The Hall–Kier alpha value is -7.58. The number of nitrogens with zero attached hydrogens (tertiary/aromatic N) is 6. The van der Waals surface area contributed by atoms with Crippen LogP contribution in [0.15, 0.2) is 116 Å². The summed E-state index contributed by atoms with van der Waals surface area (Å²) in [5.74, 6) is 1.45. The van der Waals surface area contributed by atoms with Crippen molar-refractivity contribution in [3.63, 3.8) is 0 Å². The van der Waals surface area contributed by atoms with Crippen LogP contribution in [0, 0.1) is 24.7 Å². The smallest absolute Gasteiger partial charge is 0.355 e. The third kappa shape index (κ3) is 17.6. The number of aryl methyl sites for hydroxylation is 2. The highest BCUT2D eigenvalue weighted by Gasteiger charge is 2.39. The summed E-state index contributed by atoms with van der Waals surface area (Å²) in [6, 6.07) is 29.5. The fraction of sp³-hybridized carbons (Fsp3) is 0.407. The van der Waals surface area contributed by atoms with E-state index >= 15 is 0 Å². The van der Waals surface area contributed by atoms with Crippen molar-refractivity contribution in [3.05, 3.63) is 172 Å². The normalized spacial score (nSPS) is 12.2. The van der Waals surface area contributed by atoms with Crippen LogP contribution < -0.4 is 49.3 Å². The molecule has 0 bridgehead atoms. The molecule has 74 heavy (non-hydrogen) atoms. The zero-order chi connectivity index (χ0) is 54.0. The molecular formula is C54H74N12O7Si. The molecule has 1 aliphatic rings. The van der Waals surface area contributed by atoms with E-state index in [0.717, 1.165) is 61.5 Å². The van der Waals surface area contributed by atoms with Gasteiger partial charge in [-0.15, -0.1) is 0 Å². The number of hydrogen-bond acceptors (Lipinski definition) is 13. The van der Waals surface area contributed by atoms with Gasteiger partial charge in [0.05, 0.1) is 37.9 Å². The van der Waals surface area contributed by atoms with E-state index in [1.807, 2.05) is 86.6 Å². The Balaban J connectivity index is 0.000000254. The summed E-state index contributed by atoms with van der Waals surface area (Å²) in [7, 11) is -1.97. The van der Waals surface area contributed by atoms with Crippen molar-refractivity contribution in [3.8, 4) is 11.5 Å². The molecule has 0 spiro atoms. The van der Waals surface area contributed by atoms with Crippen LogP contribution in [0.4, 0.5) is 11.9 Å². The minimum atomic E-state index is -1.97. The Morgan fingerprint density at radius 2 is 0.973 bits per heavy atom. The van der Waals surface area contributed by atoms with E-state index < -0.39 is 31.1 Å². The number of hydrogen-bond donors (Lipinski definition) is 7. The second-order valence-corrected chi connectivity index (χ2v) is 24.6. The Morgan fingerprint density at radius 1 is 0.622 bits per heavy atom. The third-order valence-corrected chi connectivity index (χ3v) is 16.9. The lowest BCUT2D eigenvalue weighted by molar-refractivity contribution is 0.198. The van der Waals surface area contributed by atoms with Crippen molar-refractivity contribution in [2.75, 3.05) is 36.9 Å². The van der Waals surface area contributed by atoms with Gasteiger partial charge in [0.2, 0.25) is 20.2 Å². The van der Waals surface area contributed by atoms with E-state index in [0.29, 0.717) is 38.8 Å². The number of phenolic OH excluding ortho intramolecular Hbond substituents is 1. The monoisotopic (exact) mass is 1030 g/mol. The van der Waals surface area contributed by atoms with Gasteiger partial charge in [0.15, 0.2) is 0 Å². The topological polar surface area (TPSA) is 276 Å². The third-order valence-electron chi connectivity index (χ3n) is 12.6. The summed E-state index contributed by atoms with van der Waals surface area (Å²) >= 11 is 0. The summed E-state index contributed by atoms with van der Waals surface area (Å²) in [6.45, 7) is 18.4. The molecule has 1 aliphatic heterocycles. The first-order valence-corrected chi connectivity index (χ1v) is 27.8. The lowest BCUT2D eigenvalue weighted by atomic mass is 10.1. The highest BCUT2D eigenvalue weighted by atomic mass is 28.4. The second kappa shape index (κ2) is 26.9. The molecule has 396 valence electrons. The first kappa shape index (κ1) is 57.3. The van der Waals surface area contributed by atoms with Crippen molar-refractivity contribution >= 4 is 31.9 Å². The zero-order valence-corrected chi connectivity index (χ0v) is 44.9. The number of rotatable bonds is 20. The molecular weight excluding hydrogens is 957 g/mol. The summed E-state index contributed by atoms with van der Waals surface area (Å²) in [5.41, 5.74) is 14.2. The summed E-state index contributed by atoms with van der Waals surface area (Å²) in [6.07, 6.45) is 4.52. The zero-order valence-electron chi connectivity index (χ0n) is 43.9. The standard InChI is InChI=1S/C28H40N6O3Si.C22H26N6O3.C4H8O/c1-20-9-11-21(12-10-20)19-34-26(35)32-25(31-17-7-8-24(29)30)33(27(34)36)18-22-13-15-23(16-14-22)37-38(5,6)28(2,3)4;1-15-4-6-16(7-5-15)14-28-21(30)26-20(25-12-2-3-19(23)24)27(22(28)31)13-17-8-10-18(29)11-9-17;1-2-4-5-3-1/h9-16H,7-8,17-19H2,1-6H3,(H3,29,30)(H,31,32,35);4-11,29H,2-3,12-14H2,1H3,(H3,23,24)(H,25,26,30);1-4H2. The maximum absolute atomic E-state index is 13.6. The maximum atomic E-state index is 13.6. The minimum absolute atomic E-state index is 0.0739. The van der Waals surface area contributed by atoms with Gasteiger partial charge in [-0.1, -0.05) is 105 Å². The van der Waals surface area contributed by atoms with Crippen LogP contribution in [0.5, 0.6) is 11.5 Å². The second-order valence-electron chi connectivity index (χ2n) is 19.9. The van der Waals surface area contributed by atoms with Gasteiger partial charge < -0.3 is 36.4 Å². The van der Waals surface area contributed by atoms with Crippen LogP contribution in [-0.4, -0.2) is 79.6 Å². The Kier molecular flexibility index (Phi) is 20.9. The molecule has 0 saturated carbocycles. The molecule has 2 aromatic heterocycles. The number of benzene rings is 4. The van der Waals surface area contributed by atoms with Gasteiger partial charge in [0.25, 0.3) is 0 Å². The van der Waals surface area contributed by atoms with Gasteiger partial charge in [0, 0.05) is 39.1 Å². The molecule has 0 amide bonds. The summed E-state index contributed by atoms with van der Waals surface area (Å²) in [4.78, 5) is 60.6. The van der Waals surface area contributed by atoms with Gasteiger partial charge in [0.1, 0.15) is 11.5 Å². The van der Waals surface area contributed by atoms with Crippen molar-refractivity contribution in [1.82, 2.24) is 28.2 Å². The lowest BCUT2D eigenvalue weighted by Gasteiger charge is -2.36. The van der Waals surface area contributed by atoms with Gasteiger partial charge in [-0.25, -0.2) is 28.3 Å². The molecule has 1 saturated heterocycles. The van der Waals surface area contributed by atoms with Crippen molar-refractivity contribution in [2.45, 2.75) is 117 Å². The highest BCUT2D eigenvalue weighted by Crippen LogP contribution is 2.37. The van der Waals surface area contributed by atoms with Crippen LogP contribution >= 0.6 is 0 Å². The van der Waals surface area contributed by atoms with Crippen LogP contribution in [0.3, 0.4) is 0 Å². The van der Waals surface area contributed by atoms with Crippen LogP contribution in [0.1, 0.15) is 92.7 Å². The summed E-state index contributed by atoms with van der Waals surface area (Å²) < 4.78 is 16.5. The molecule has 0 unspecified atom stereocenters. The molecule has 0 radical (unpaired) electrons. The van der Waals surface area contributed by atoms with E-state index in [2.05, 4.69) is 54.5 Å². The molecule has 7 rings (SSSR count). The molecule has 20 heteroatoms. The van der Waals surface area contributed by atoms with Crippen molar-refractivity contribution < 1.29 is 14.3 Å². The predicted octanol–water partition coefficient (Wildman–Crippen LogP) is 6.76. The number of aromatic hydroxyl groups is 1. The Morgan fingerprint density at radius 3 is 1.31 bits per heavy atom. The SMILES string of the molecule is C1CCOC1.Cc1ccc(Cn2c(=O)nc(NCCCC(=N)N)n(Cc3ccc(O)cc3)c2=O)cc1.Cc1ccc(Cn2c(=O)nc(NCCCC(=N)N)n(Cc3ccc(O[Si](C)(C)C(C)(C)C)cc3)c2=O)cc1. The quantitative estimate of drug-likeness (QED) is 0.0180. The van der Waals surface area contributed by atoms with Gasteiger partial charge in [-0.3, -0.25) is 20.0 Å². The number of amidine groups is 2. The number of ether oxygens (including phenoxy) is 1. The molecule has 0 atom stereocenters. The molecule has 6 aromatic rings. The molecule has 9 N–H and O–H groups in total. The number of nitrogens with one attached hydrogen (secondary N) is 4. The molecule has 19 nitrogen and oxygen atoms in total. The fourth-order valence-electron chi connectivity index (χ4n) is 7.18. The van der Waals surface area contributed by atoms with E-state index in [4.69, 9.17) is 31.4 Å². The number of aromatic nitrogens is 6. The number of anilines is 2. The average molecular weight is 1030 g/mol. The average Bonchev–Trinajstić information content (AvgIpc) is 3.95. The maximum Gasteiger partial charge on any atom is 0.355 e. The number of nitrogens with two attached hydrogens (primary N) is 2. The predicted molar refractivity (Wildman–Crippen MR) is 296 cm³/mol. The van der Waals surface area contributed by atoms with Crippen LogP contribution in [0.2, 0.25) is 18.1 Å². The number of phenols is 1. The lowest BCUT2D eigenvalue weighted by Crippen LogP contribution is -2.43. The molecule has 0 aliphatic carbocycles. The highest BCUT2D eigenvalue weighted by molar-refractivity contribution is 6.74. The fourth-order valence-corrected chi connectivity index (χ4v) is 8.21. The molecule has 3 heterocycles. The Bertz CT molecular complexity index is 3020. The van der Waals surface area contributed by atoms with E-state index in [-0.39, 0.29) is 60.5 Å². The van der Waals surface area contributed by atoms with Gasteiger partial charge in [-0.2, -0.15) is 9.97 Å². The van der Waals surface area contributed by atoms with Crippen molar-refractivity contribution in [1.29, 1.82) is 10.8 Å². The largest absolute Gasteiger partial charge is 0.544 e. The van der Waals surface area contributed by atoms with Crippen LogP contribution in [-0.2, 0) is 30.9 Å². The minimum Gasteiger partial charge on any atom is -0.544 e.